The standard InChI is InChI=1S/C14H15N3O3/c15-11-12(14(20)13(11)19)17-7-5-16(6-8-17)9-1-3-10(18)4-2-9/h1-4,18H,5-8,15H2. The van der Waals surface area contributed by atoms with E-state index in [4.69, 9.17) is 5.73 Å². The fourth-order valence-electron chi connectivity index (χ4n) is 2.56. The van der Waals surface area contributed by atoms with Crippen LogP contribution in [0.2, 0.25) is 0 Å². The summed E-state index contributed by atoms with van der Waals surface area (Å²) in [5, 5.41) is 9.28. The molecule has 6 nitrogen and oxygen atoms in total. The van der Waals surface area contributed by atoms with Gasteiger partial charge in [-0.3, -0.25) is 9.59 Å². The van der Waals surface area contributed by atoms with Crippen LogP contribution in [0, 0.1) is 0 Å². The van der Waals surface area contributed by atoms with E-state index in [1.807, 2.05) is 17.0 Å². The van der Waals surface area contributed by atoms with Crippen LogP contribution in [-0.4, -0.2) is 31.3 Å². The number of aromatic hydroxyl groups is 1. The Bertz CT molecular complexity index is 693. The number of benzene rings is 1. The van der Waals surface area contributed by atoms with Crippen molar-refractivity contribution in [1.29, 1.82) is 0 Å². The lowest BCUT2D eigenvalue weighted by atomic mass is 10.1. The van der Waals surface area contributed by atoms with Crippen molar-refractivity contribution in [2.75, 3.05) is 41.7 Å². The summed E-state index contributed by atoms with van der Waals surface area (Å²) in [6.07, 6.45) is 0. The Labute approximate surface area is 115 Å². The topological polar surface area (TPSA) is 86.9 Å². The van der Waals surface area contributed by atoms with E-state index in [1.165, 1.54) is 0 Å². The van der Waals surface area contributed by atoms with Crippen molar-refractivity contribution in [3.8, 4) is 5.75 Å². The van der Waals surface area contributed by atoms with Gasteiger partial charge in [0.15, 0.2) is 0 Å². The molecule has 0 saturated carbocycles. The highest BCUT2D eigenvalue weighted by atomic mass is 16.3. The third kappa shape index (κ3) is 1.89. The lowest BCUT2D eigenvalue weighted by Crippen LogP contribution is -2.51. The lowest BCUT2D eigenvalue weighted by Gasteiger charge is -2.37. The van der Waals surface area contributed by atoms with E-state index in [0.717, 1.165) is 18.8 Å². The van der Waals surface area contributed by atoms with Gasteiger partial charge in [0.25, 0.3) is 10.9 Å². The molecule has 0 aromatic heterocycles. The molecule has 6 heteroatoms. The van der Waals surface area contributed by atoms with Crippen molar-refractivity contribution < 1.29 is 5.11 Å². The summed E-state index contributed by atoms with van der Waals surface area (Å²) in [7, 11) is 0. The van der Waals surface area contributed by atoms with Crippen molar-refractivity contribution >= 4 is 17.1 Å². The van der Waals surface area contributed by atoms with Crippen molar-refractivity contribution in [3.63, 3.8) is 0 Å². The minimum atomic E-state index is -0.569. The van der Waals surface area contributed by atoms with Crippen LogP contribution in [0.3, 0.4) is 0 Å². The van der Waals surface area contributed by atoms with Crippen molar-refractivity contribution in [2.45, 2.75) is 0 Å². The summed E-state index contributed by atoms with van der Waals surface area (Å²) in [4.78, 5) is 26.7. The Kier molecular flexibility index (Phi) is 2.85. The molecular weight excluding hydrogens is 258 g/mol. The Morgan fingerprint density at radius 2 is 1.45 bits per heavy atom. The molecule has 3 N–H and O–H groups in total. The zero-order chi connectivity index (χ0) is 14.3. The second-order valence-corrected chi connectivity index (χ2v) is 4.91. The minimum absolute atomic E-state index is 0.0908. The van der Waals surface area contributed by atoms with E-state index < -0.39 is 10.9 Å². The molecule has 0 aliphatic carbocycles. The molecule has 3 rings (SSSR count). The SMILES string of the molecule is Nc1c(N2CCN(c3ccc(O)cc3)CC2)c(=O)c1=O. The number of nitrogens with two attached hydrogens (primary N) is 1. The fourth-order valence-corrected chi connectivity index (χ4v) is 2.56. The molecule has 2 aromatic carbocycles. The van der Waals surface area contributed by atoms with Crippen LogP contribution < -0.4 is 26.4 Å². The van der Waals surface area contributed by atoms with Gasteiger partial charge in [-0.05, 0) is 24.3 Å². The molecule has 0 bridgehead atoms. The first-order valence-electron chi connectivity index (χ1n) is 6.45. The van der Waals surface area contributed by atoms with Gasteiger partial charge in [0.05, 0.1) is 0 Å². The maximum atomic E-state index is 11.5. The summed E-state index contributed by atoms with van der Waals surface area (Å²) in [5.74, 6) is 0.240. The molecule has 1 fully saturated rings. The molecule has 20 heavy (non-hydrogen) atoms. The Balaban J connectivity index is 1.70. The van der Waals surface area contributed by atoms with Gasteiger partial charge >= 0.3 is 0 Å². The molecule has 1 aliphatic heterocycles. The number of rotatable bonds is 2. The number of phenols is 1. The van der Waals surface area contributed by atoms with Gasteiger partial charge in [0.1, 0.15) is 17.1 Å². The lowest BCUT2D eigenvalue weighted by molar-refractivity contribution is 0.475. The quantitative estimate of drug-likeness (QED) is 0.743. The molecule has 2 aromatic rings. The summed E-state index contributed by atoms with van der Waals surface area (Å²) < 4.78 is 0. The van der Waals surface area contributed by atoms with E-state index in [0.29, 0.717) is 18.8 Å². The number of hydrogen-bond donors (Lipinski definition) is 2. The zero-order valence-electron chi connectivity index (χ0n) is 10.9. The van der Waals surface area contributed by atoms with Crippen molar-refractivity contribution in [3.05, 3.63) is 44.7 Å². The van der Waals surface area contributed by atoms with Gasteiger partial charge in [-0.15, -0.1) is 0 Å². The monoisotopic (exact) mass is 273 g/mol. The molecular formula is C14H15N3O3. The largest absolute Gasteiger partial charge is 0.508 e. The van der Waals surface area contributed by atoms with Gasteiger partial charge in [-0.2, -0.15) is 0 Å². The summed E-state index contributed by atoms with van der Waals surface area (Å²) >= 11 is 0. The van der Waals surface area contributed by atoms with E-state index in [1.54, 1.807) is 12.1 Å². The average Bonchev–Trinajstić information content (AvgIpc) is 2.49. The number of phenolic OH excluding ortho intramolecular Hbond substituents is 1. The molecule has 0 unspecified atom stereocenters. The van der Waals surface area contributed by atoms with Gasteiger partial charge < -0.3 is 20.6 Å². The van der Waals surface area contributed by atoms with E-state index in [2.05, 4.69) is 4.90 Å². The van der Waals surface area contributed by atoms with Crippen LogP contribution in [0.15, 0.2) is 33.9 Å². The van der Waals surface area contributed by atoms with Gasteiger partial charge in [0, 0.05) is 31.9 Å². The number of nitrogen functional groups attached to an aromatic ring is 1. The van der Waals surface area contributed by atoms with Gasteiger partial charge in [0.2, 0.25) is 0 Å². The highest BCUT2D eigenvalue weighted by Gasteiger charge is 2.26. The highest BCUT2D eigenvalue weighted by molar-refractivity contribution is 5.73. The fraction of sp³-hybridized carbons (Fsp3) is 0.286. The van der Waals surface area contributed by atoms with Crippen LogP contribution in [0.5, 0.6) is 5.75 Å². The Morgan fingerprint density at radius 1 is 0.900 bits per heavy atom. The maximum absolute atomic E-state index is 11.5. The molecule has 0 spiro atoms. The predicted molar refractivity (Wildman–Crippen MR) is 78.3 cm³/mol. The highest BCUT2D eigenvalue weighted by Crippen LogP contribution is 2.23. The average molecular weight is 273 g/mol. The number of piperazine rings is 1. The molecule has 0 radical (unpaired) electrons. The third-order valence-corrected chi connectivity index (χ3v) is 3.73. The minimum Gasteiger partial charge on any atom is -0.508 e. The Hall–Kier alpha value is -2.50. The second kappa shape index (κ2) is 4.56. The van der Waals surface area contributed by atoms with Crippen LogP contribution in [0.4, 0.5) is 17.1 Å². The summed E-state index contributed by atoms with van der Waals surface area (Å²) in [6.45, 7) is 2.78. The van der Waals surface area contributed by atoms with Crippen LogP contribution in [0.25, 0.3) is 0 Å². The zero-order valence-corrected chi connectivity index (χ0v) is 10.9. The first-order chi connectivity index (χ1) is 9.58. The smallest absolute Gasteiger partial charge is 0.253 e. The molecule has 0 atom stereocenters. The summed E-state index contributed by atoms with van der Waals surface area (Å²) in [5.41, 5.74) is 6.03. The molecule has 104 valence electrons. The summed E-state index contributed by atoms with van der Waals surface area (Å²) in [6, 6.07) is 7.01. The van der Waals surface area contributed by atoms with Crippen LogP contribution >= 0.6 is 0 Å². The third-order valence-electron chi connectivity index (χ3n) is 3.73. The van der Waals surface area contributed by atoms with E-state index >= 15 is 0 Å². The van der Waals surface area contributed by atoms with Crippen molar-refractivity contribution in [1.82, 2.24) is 0 Å². The number of anilines is 3. The van der Waals surface area contributed by atoms with Crippen molar-refractivity contribution in [2.24, 2.45) is 0 Å². The van der Waals surface area contributed by atoms with Gasteiger partial charge in [-0.1, -0.05) is 0 Å². The van der Waals surface area contributed by atoms with E-state index in [9.17, 15) is 14.7 Å². The molecule has 1 heterocycles. The number of nitrogens with zero attached hydrogens (tertiary/aromatic N) is 2. The van der Waals surface area contributed by atoms with Gasteiger partial charge in [-0.25, -0.2) is 0 Å². The first-order valence-corrected chi connectivity index (χ1v) is 6.45. The molecule has 0 amide bonds. The van der Waals surface area contributed by atoms with Crippen LogP contribution in [-0.2, 0) is 0 Å². The number of hydrogen-bond acceptors (Lipinski definition) is 6. The maximum Gasteiger partial charge on any atom is 0.253 e. The molecule has 1 saturated heterocycles. The normalized spacial score (nSPS) is 15.8. The van der Waals surface area contributed by atoms with Crippen LogP contribution in [0.1, 0.15) is 0 Å². The second-order valence-electron chi connectivity index (χ2n) is 4.91. The molecule has 1 aliphatic rings. The Morgan fingerprint density at radius 3 is 2.00 bits per heavy atom. The first kappa shape index (κ1) is 12.5. The predicted octanol–water partition coefficient (Wildman–Crippen LogP) is -0.103. The van der Waals surface area contributed by atoms with E-state index in [-0.39, 0.29) is 11.4 Å².